The summed E-state index contributed by atoms with van der Waals surface area (Å²) in [5.41, 5.74) is -0.639. The van der Waals surface area contributed by atoms with Gasteiger partial charge in [-0.15, -0.1) is 0 Å². The minimum atomic E-state index is -1.11. The highest BCUT2D eigenvalue weighted by atomic mass is 19.1. The van der Waals surface area contributed by atoms with Crippen LogP contribution in [0.5, 0.6) is 0 Å². The van der Waals surface area contributed by atoms with E-state index in [9.17, 15) is 14.0 Å². The van der Waals surface area contributed by atoms with Gasteiger partial charge in [-0.1, -0.05) is 0 Å². The van der Waals surface area contributed by atoms with Gasteiger partial charge in [0.15, 0.2) is 0 Å². The SMILES string of the molecule is CC(C)(C)OC(=O)N[C@@H]1CN(C(=O)O)CC1CF. The van der Waals surface area contributed by atoms with Crippen LogP contribution in [0.25, 0.3) is 0 Å². The second-order valence-corrected chi connectivity index (χ2v) is 5.35. The van der Waals surface area contributed by atoms with Crippen LogP contribution in [0.15, 0.2) is 0 Å². The van der Waals surface area contributed by atoms with Crippen molar-refractivity contribution in [2.75, 3.05) is 19.8 Å². The highest BCUT2D eigenvalue weighted by Gasteiger charge is 2.36. The first-order valence-electron chi connectivity index (χ1n) is 5.76. The first-order valence-corrected chi connectivity index (χ1v) is 5.76. The normalized spacial score (nSPS) is 23.9. The minimum Gasteiger partial charge on any atom is -0.465 e. The van der Waals surface area contributed by atoms with Gasteiger partial charge in [0.2, 0.25) is 0 Å². The molecule has 18 heavy (non-hydrogen) atoms. The molecule has 1 unspecified atom stereocenters. The number of halogens is 1. The summed E-state index contributed by atoms with van der Waals surface area (Å²) < 4.78 is 17.8. The summed E-state index contributed by atoms with van der Waals surface area (Å²) in [5, 5.41) is 11.3. The minimum absolute atomic E-state index is 0.0865. The molecular weight excluding hydrogens is 243 g/mol. The lowest BCUT2D eigenvalue weighted by molar-refractivity contribution is 0.0492. The zero-order valence-electron chi connectivity index (χ0n) is 10.8. The summed E-state index contributed by atoms with van der Waals surface area (Å²) in [6.07, 6.45) is -1.76. The van der Waals surface area contributed by atoms with Gasteiger partial charge in [0.1, 0.15) is 5.60 Å². The van der Waals surface area contributed by atoms with E-state index in [0.717, 1.165) is 4.90 Å². The summed E-state index contributed by atoms with van der Waals surface area (Å²) in [4.78, 5) is 23.4. The Morgan fingerprint density at radius 1 is 1.44 bits per heavy atom. The second kappa shape index (κ2) is 5.41. The van der Waals surface area contributed by atoms with Gasteiger partial charge >= 0.3 is 12.2 Å². The van der Waals surface area contributed by atoms with Crippen molar-refractivity contribution in [2.45, 2.75) is 32.4 Å². The zero-order valence-corrected chi connectivity index (χ0v) is 10.8. The standard InChI is InChI=1S/C11H19FN2O4/c1-11(2,3)18-9(15)13-8-6-14(10(16)17)5-7(8)4-12/h7-8H,4-6H2,1-3H3,(H,13,15)(H,16,17)/t7?,8-/m1/s1. The molecule has 0 bridgehead atoms. The smallest absolute Gasteiger partial charge is 0.407 e. The fraction of sp³-hybridized carbons (Fsp3) is 0.818. The number of likely N-dealkylation sites (tertiary alicyclic amines) is 1. The van der Waals surface area contributed by atoms with Crippen LogP contribution in [0, 0.1) is 5.92 Å². The van der Waals surface area contributed by atoms with E-state index in [2.05, 4.69) is 5.32 Å². The molecule has 1 rings (SSSR count). The maximum Gasteiger partial charge on any atom is 0.407 e. The average molecular weight is 262 g/mol. The number of amides is 2. The molecule has 2 atom stereocenters. The second-order valence-electron chi connectivity index (χ2n) is 5.35. The van der Waals surface area contributed by atoms with Crippen LogP contribution in [-0.2, 0) is 4.74 Å². The molecule has 0 aromatic heterocycles. The molecule has 6 nitrogen and oxygen atoms in total. The van der Waals surface area contributed by atoms with Crippen LogP contribution in [0.1, 0.15) is 20.8 Å². The van der Waals surface area contributed by atoms with Crippen molar-refractivity contribution in [2.24, 2.45) is 5.92 Å². The predicted molar refractivity (Wildman–Crippen MR) is 62.2 cm³/mol. The van der Waals surface area contributed by atoms with Crippen LogP contribution >= 0.6 is 0 Å². The number of ether oxygens (including phenoxy) is 1. The third-order valence-electron chi connectivity index (χ3n) is 2.61. The summed E-state index contributed by atoms with van der Waals surface area (Å²) in [6.45, 7) is 4.66. The number of carbonyl (C=O) groups excluding carboxylic acids is 1. The van der Waals surface area contributed by atoms with E-state index in [4.69, 9.17) is 9.84 Å². The van der Waals surface area contributed by atoms with Gasteiger partial charge in [-0.05, 0) is 20.8 Å². The number of alkyl halides is 1. The van der Waals surface area contributed by atoms with Crippen molar-refractivity contribution in [3.8, 4) is 0 Å². The van der Waals surface area contributed by atoms with Crippen LogP contribution in [0.4, 0.5) is 14.0 Å². The summed E-state index contributed by atoms with van der Waals surface area (Å²) in [6, 6.07) is -0.541. The zero-order chi connectivity index (χ0) is 13.9. The maximum atomic E-state index is 12.8. The highest BCUT2D eigenvalue weighted by Crippen LogP contribution is 2.18. The van der Waals surface area contributed by atoms with Crippen molar-refractivity contribution in [1.82, 2.24) is 10.2 Å². The highest BCUT2D eigenvalue weighted by molar-refractivity contribution is 5.69. The molecule has 0 aromatic carbocycles. The van der Waals surface area contributed by atoms with E-state index >= 15 is 0 Å². The van der Waals surface area contributed by atoms with Crippen LogP contribution in [0.2, 0.25) is 0 Å². The number of nitrogens with one attached hydrogen (secondary N) is 1. The van der Waals surface area contributed by atoms with E-state index in [0.29, 0.717) is 0 Å². The molecule has 2 N–H and O–H groups in total. The third-order valence-corrected chi connectivity index (χ3v) is 2.61. The Bertz CT molecular complexity index is 329. The molecule has 0 radical (unpaired) electrons. The molecular formula is C11H19FN2O4. The molecule has 1 aliphatic rings. The number of hydrogen-bond donors (Lipinski definition) is 2. The molecule has 0 aromatic rings. The predicted octanol–water partition coefficient (Wildman–Crippen LogP) is 1.46. The number of hydrogen-bond acceptors (Lipinski definition) is 3. The van der Waals surface area contributed by atoms with E-state index < -0.39 is 36.4 Å². The van der Waals surface area contributed by atoms with Crippen LogP contribution < -0.4 is 5.32 Å². The van der Waals surface area contributed by atoms with Crippen molar-refractivity contribution in [3.63, 3.8) is 0 Å². The molecule has 7 heteroatoms. The van der Waals surface area contributed by atoms with Crippen molar-refractivity contribution in [3.05, 3.63) is 0 Å². The third kappa shape index (κ3) is 4.05. The molecule has 0 saturated carbocycles. The van der Waals surface area contributed by atoms with Crippen molar-refractivity contribution < 1.29 is 23.8 Å². The number of rotatable bonds is 2. The molecule has 1 fully saturated rings. The van der Waals surface area contributed by atoms with Crippen LogP contribution in [-0.4, -0.2) is 53.6 Å². The molecule has 1 saturated heterocycles. The van der Waals surface area contributed by atoms with E-state index in [1.807, 2.05) is 0 Å². The molecule has 0 spiro atoms. The summed E-state index contributed by atoms with van der Waals surface area (Å²) in [5.74, 6) is -0.520. The Morgan fingerprint density at radius 2 is 2.06 bits per heavy atom. The first kappa shape index (κ1) is 14.5. The maximum absolute atomic E-state index is 12.8. The van der Waals surface area contributed by atoms with Crippen LogP contribution in [0.3, 0.4) is 0 Å². The quantitative estimate of drug-likeness (QED) is 0.789. The van der Waals surface area contributed by atoms with Gasteiger partial charge in [-0.25, -0.2) is 9.59 Å². The van der Waals surface area contributed by atoms with E-state index in [1.54, 1.807) is 20.8 Å². The largest absolute Gasteiger partial charge is 0.465 e. The van der Waals surface area contributed by atoms with Crippen molar-refractivity contribution in [1.29, 1.82) is 0 Å². The molecule has 1 aliphatic heterocycles. The Kier molecular flexibility index (Phi) is 4.37. The molecule has 1 heterocycles. The molecule has 0 aliphatic carbocycles. The first-order chi connectivity index (χ1) is 8.23. The lowest BCUT2D eigenvalue weighted by atomic mass is 10.1. The van der Waals surface area contributed by atoms with Crippen molar-refractivity contribution >= 4 is 12.2 Å². The summed E-state index contributed by atoms with van der Waals surface area (Å²) >= 11 is 0. The van der Waals surface area contributed by atoms with Gasteiger partial charge in [-0.2, -0.15) is 0 Å². The monoisotopic (exact) mass is 262 g/mol. The number of nitrogens with zero attached hydrogens (tertiary/aromatic N) is 1. The van der Waals surface area contributed by atoms with E-state index in [1.165, 1.54) is 0 Å². The lowest BCUT2D eigenvalue weighted by Gasteiger charge is -2.23. The Morgan fingerprint density at radius 3 is 2.50 bits per heavy atom. The van der Waals surface area contributed by atoms with Gasteiger partial charge in [0.25, 0.3) is 0 Å². The molecule has 2 amide bonds. The number of carboxylic acid groups (broad SMARTS) is 1. The topological polar surface area (TPSA) is 78.9 Å². The van der Waals surface area contributed by atoms with Gasteiger partial charge in [0.05, 0.1) is 12.7 Å². The summed E-state index contributed by atoms with van der Waals surface area (Å²) in [7, 11) is 0. The fourth-order valence-electron chi connectivity index (χ4n) is 1.81. The molecule has 104 valence electrons. The van der Waals surface area contributed by atoms with Gasteiger partial charge in [-0.3, -0.25) is 4.39 Å². The number of alkyl carbamates (subject to hydrolysis) is 1. The van der Waals surface area contributed by atoms with E-state index in [-0.39, 0.29) is 13.1 Å². The number of carbonyl (C=O) groups is 2. The Labute approximate surface area is 105 Å². The lowest BCUT2D eigenvalue weighted by Crippen LogP contribution is -2.44. The Hall–Kier alpha value is -1.53. The average Bonchev–Trinajstić information content (AvgIpc) is 2.57. The van der Waals surface area contributed by atoms with Gasteiger partial charge in [0, 0.05) is 19.0 Å². The fourth-order valence-corrected chi connectivity index (χ4v) is 1.81. The van der Waals surface area contributed by atoms with Gasteiger partial charge < -0.3 is 20.1 Å². The Balaban J connectivity index is 2.55.